The molecule has 1 aromatic carbocycles. The highest BCUT2D eigenvalue weighted by Crippen LogP contribution is 2.19. The van der Waals surface area contributed by atoms with Gasteiger partial charge in [-0.15, -0.1) is 0 Å². The second-order valence-electron chi connectivity index (χ2n) is 8.96. The van der Waals surface area contributed by atoms with Crippen LogP contribution in [0.1, 0.15) is 32.6 Å². The van der Waals surface area contributed by atoms with Gasteiger partial charge < -0.3 is 53.1 Å². The Balaban J connectivity index is 1.64. The van der Waals surface area contributed by atoms with Crippen molar-refractivity contribution in [1.29, 1.82) is 0 Å². The van der Waals surface area contributed by atoms with Crippen molar-refractivity contribution in [2.75, 3.05) is 131 Å². The van der Waals surface area contributed by atoms with Crippen LogP contribution in [0.5, 0.6) is 5.75 Å². The maximum atomic E-state index is 5.81. The number of anilines is 1. The van der Waals surface area contributed by atoms with Gasteiger partial charge in [0.15, 0.2) is 0 Å². The Bertz CT molecular complexity index is 655. The quantitative estimate of drug-likeness (QED) is 0.0960. The van der Waals surface area contributed by atoms with E-state index in [0.29, 0.717) is 130 Å². The van der Waals surface area contributed by atoms with Crippen molar-refractivity contribution in [2.45, 2.75) is 32.6 Å². The van der Waals surface area contributed by atoms with Crippen LogP contribution in [0.4, 0.5) is 5.69 Å². The molecule has 0 fully saturated rings. The summed E-state index contributed by atoms with van der Waals surface area (Å²) in [6.45, 7) is 12.6. The first-order valence-corrected chi connectivity index (χ1v) is 15.0. The molecule has 0 atom stereocenters. The molecular weight excluding hydrogens is 534 g/mol. The Morgan fingerprint density at radius 3 is 1.12 bits per heavy atom. The first-order valence-electron chi connectivity index (χ1n) is 15.0. The average Bonchev–Trinajstić information content (AvgIpc) is 2.98. The molecule has 240 valence electrons. The van der Waals surface area contributed by atoms with E-state index in [-0.39, 0.29) is 0 Å². The number of benzene rings is 1. The van der Waals surface area contributed by atoms with Crippen LogP contribution in [0.25, 0.3) is 0 Å². The van der Waals surface area contributed by atoms with Gasteiger partial charge in [-0.2, -0.15) is 0 Å². The normalized spacial score (nSPS) is 11.3. The van der Waals surface area contributed by atoms with Crippen LogP contribution in [-0.2, 0) is 42.6 Å². The lowest BCUT2D eigenvalue weighted by atomic mass is 10.2. The molecule has 0 bridgehead atoms. The number of hydrogen-bond donors (Lipinski definition) is 1. The van der Waals surface area contributed by atoms with E-state index >= 15 is 0 Å². The molecule has 11 heteroatoms. The zero-order valence-corrected chi connectivity index (χ0v) is 25.2. The third-order valence-corrected chi connectivity index (χ3v) is 5.52. The summed E-state index contributed by atoms with van der Waals surface area (Å²) in [5.74, 6) is 0.673. The molecule has 0 spiro atoms. The van der Waals surface area contributed by atoms with Crippen LogP contribution < -0.4 is 10.5 Å². The molecule has 0 aliphatic rings. The zero-order valence-electron chi connectivity index (χ0n) is 25.2. The van der Waals surface area contributed by atoms with Crippen LogP contribution in [0.3, 0.4) is 0 Å². The minimum Gasteiger partial charge on any atom is -0.489 e. The summed E-state index contributed by atoms with van der Waals surface area (Å²) in [4.78, 5) is 0. The van der Waals surface area contributed by atoms with E-state index < -0.39 is 0 Å². The van der Waals surface area contributed by atoms with Gasteiger partial charge in [0.1, 0.15) is 12.4 Å². The molecule has 11 nitrogen and oxygen atoms in total. The van der Waals surface area contributed by atoms with E-state index in [1.54, 1.807) is 6.07 Å². The lowest BCUT2D eigenvalue weighted by Crippen LogP contribution is -2.15. The van der Waals surface area contributed by atoms with Crippen LogP contribution in [0, 0.1) is 0 Å². The van der Waals surface area contributed by atoms with Crippen LogP contribution in [-0.4, -0.2) is 126 Å². The molecule has 0 aliphatic carbocycles. The van der Waals surface area contributed by atoms with Gasteiger partial charge in [-0.05, 0) is 18.6 Å². The number of ether oxygens (including phenoxy) is 10. The average molecular weight is 590 g/mol. The molecule has 1 aromatic rings. The van der Waals surface area contributed by atoms with Crippen molar-refractivity contribution in [3.05, 3.63) is 24.3 Å². The largest absolute Gasteiger partial charge is 0.489 e. The first kappa shape index (κ1) is 37.5. The summed E-state index contributed by atoms with van der Waals surface area (Å²) in [7, 11) is 0. The maximum absolute atomic E-state index is 5.81. The molecule has 41 heavy (non-hydrogen) atoms. The molecular formula is C30H55NO10. The van der Waals surface area contributed by atoms with E-state index in [1.807, 2.05) is 18.2 Å². The number of para-hydroxylation sites is 2. The highest BCUT2D eigenvalue weighted by atomic mass is 16.6. The van der Waals surface area contributed by atoms with Crippen molar-refractivity contribution in [3.8, 4) is 5.75 Å². The van der Waals surface area contributed by atoms with Crippen molar-refractivity contribution < 1.29 is 47.4 Å². The SMILES string of the molecule is CCCCCCOCCOCCOCCOCCOCCOCCOCCOCCOCCOc1ccccc1N. The number of nitrogen functional groups attached to an aromatic ring is 1. The number of nitrogens with two attached hydrogens (primary N) is 1. The molecule has 0 aliphatic heterocycles. The maximum Gasteiger partial charge on any atom is 0.142 e. The fraction of sp³-hybridized carbons (Fsp3) is 0.800. The Morgan fingerprint density at radius 1 is 0.415 bits per heavy atom. The minimum atomic E-state index is 0.443. The third-order valence-electron chi connectivity index (χ3n) is 5.52. The Labute approximate surface area is 247 Å². The second kappa shape index (κ2) is 31.4. The molecule has 1 rings (SSSR count). The summed E-state index contributed by atoms with van der Waals surface area (Å²) in [6.07, 6.45) is 4.90. The number of hydrogen-bond acceptors (Lipinski definition) is 11. The van der Waals surface area contributed by atoms with Crippen molar-refractivity contribution in [1.82, 2.24) is 0 Å². The summed E-state index contributed by atoms with van der Waals surface area (Å²) < 4.78 is 54.9. The smallest absolute Gasteiger partial charge is 0.142 e. The molecule has 0 saturated carbocycles. The summed E-state index contributed by atoms with van der Waals surface area (Å²) in [5.41, 5.74) is 6.44. The van der Waals surface area contributed by atoms with E-state index in [0.717, 1.165) is 13.0 Å². The van der Waals surface area contributed by atoms with Crippen molar-refractivity contribution in [2.24, 2.45) is 0 Å². The Kier molecular flexibility index (Phi) is 28.7. The third kappa shape index (κ3) is 27.1. The number of rotatable bonds is 33. The van der Waals surface area contributed by atoms with E-state index in [4.69, 9.17) is 53.1 Å². The van der Waals surface area contributed by atoms with Gasteiger partial charge >= 0.3 is 0 Å². The molecule has 0 aromatic heterocycles. The van der Waals surface area contributed by atoms with Gasteiger partial charge in [0.25, 0.3) is 0 Å². The van der Waals surface area contributed by atoms with E-state index in [1.165, 1.54) is 19.3 Å². The predicted octanol–water partition coefficient (Wildman–Crippen LogP) is 3.38. The van der Waals surface area contributed by atoms with Gasteiger partial charge in [0.2, 0.25) is 0 Å². The number of unbranched alkanes of at least 4 members (excludes halogenated alkanes) is 3. The second-order valence-corrected chi connectivity index (χ2v) is 8.96. The molecule has 2 N–H and O–H groups in total. The fourth-order valence-corrected chi connectivity index (χ4v) is 3.31. The highest BCUT2D eigenvalue weighted by molar-refractivity contribution is 5.51. The monoisotopic (exact) mass is 589 g/mol. The minimum absolute atomic E-state index is 0.443. The van der Waals surface area contributed by atoms with Crippen molar-refractivity contribution >= 4 is 5.69 Å². The fourth-order valence-electron chi connectivity index (χ4n) is 3.31. The van der Waals surface area contributed by atoms with Crippen molar-refractivity contribution in [3.63, 3.8) is 0 Å². The zero-order chi connectivity index (χ0) is 29.3. The first-order chi connectivity index (χ1) is 20.3. The highest BCUT2D eigenvalue weighted by Gasteiger charge is 1.99. The summed E-state index contributed by atoms with van der Waals surface area (Å²) in [6, 6.07) is 7.39. The van der Waals surface area contributed by atoms with Gasteiger partial charge in [0.05, 0.1) is 118 Å². The lowest BCUT2D eigenvalue weighted by Gasteiger charge is -2.09. The topological polar surface area (TPSA) is 118 Å². The Hall–Kier alpha value is -1.54. The van der Waals surface area contributed by atoms with Crippen LogP contribution in [0.2, 0.25) is 0 Å². The lowest BCUT2D eigenvalue weighted by molar-refractivity contribution is -0.0254. The van der Waals surface area contributed by atoms with Gasteiger partial charge in [-0.3, -0.25) is 0 Å². The molecule has 0 saturated heterocycles. The molecule has 0 amide bonds. The Morgan fingerprint density at radius 2 is 0.756 bits per heavy atom. The summed E-state index contributed by atoms with van der Waals surface area (Å²) in [5, 5.41) is 0. The summed E-state index contributed by atoms with van der Waals surface area (Å²) >= 11 is 0. The van der Waals surface area contributed by atoms with Gasteiger partial charge in [-0.25, -0.2) is 0 Å². The van der Waals surface area contributed by atoms with Crippen LogP contribution in [0.15, 0.2) is 24.3 Å². The van der Waals surface area contributed by atoms with Crippen LogP contribution >= 0.6 is 0 Å². The standard InChI is InChI=1S/C30H55NO10/c1-2-3-4-7-10-32-11-12-33-13-14-34-15-16-35-17-18-36-19-20-37-21-22-38-23-24-39-25-26-40-27-28-41-30-9-6-5-8-29(30)31/h5-6,8-9H,2-4,7,10-28,31H2,1H3. The molecule has 0 heterocycles. The van der Waals surface area contributed by atoms with Gasteiger partial charge in [0, 0.05) is 6.61 Å². The van der Waals surface area contributed by atoms with E-state index in [2.05, 4.69) is 6.92 Å². The van der Waals surface area contributed by atoms with Gasteiger partial charge in [-0.1, -0.05) is 38.3 Å². The molecule has 0 unspecified atom stereocenters. The molecule has 0 radical (unpaired) electrons. The predicted molar refractivity (Wildman–Crippen MR) is 158 cm³/mol. The van der Waals surface area contributed by atoms with E-state index in [9.17, 15) is 0 Å².